The van der Waals surface area contributed by atoms with Gasteiger partial charge in [-0.3, -0.25) is 10.3 Å². The maximum absolute atomic E-state index is 8.77. The summed E-state index contributed by atoms with van der Waals surface area (Å²) in [5.74, 6) is 0.487. The van der Waals surface area contributed by atoms with Crippen LogP contribution in [0.1, 0.15) is 13.8 Å². The highest BCUT2D eigenvalue weighted by molar-refractivity contribution is 5.83. The van der Waals surface area contributed by atoms with E-state index in [1.807, 2.05) is 13.8 Å². The molecule has 2 unspecified atom stereocenters. The molecular formula is C13H22N12. The van der Waals surface area contributed by atoms with Crippen LogP contribution in [-0.4, -0.2) is 49.5 Å². The van der Waals surface area contributed by atoms with E-state index in [-0.39, 0.29) is 30.4 Å². The van der Waals surface area contributed by atoms with Crippen molar-refractivity contribution in [2.45, 2.75) is 25.9 Å². The molecule has 0 aromatic carbocycles. The van der Waals surface area contributed by atoms with Gasteiger partial charge in [0.25, 0.3) is 0 Å². The second-order valence-corrected chi connectivity index (χ2v) is 4.93. The van der Waals surface area contributed by atoms with Crippen molar-refractivity contribution in [1.82, 2.24) is 21.3 Å². The van der Waals surface area contributed by atoms with Crippen molar-refractivity contribution in [2.24, 2.45) is 26.4 Å². The van der Waals surface area contributed by atoms with Crippen LogP contribution >= 0.6 is 0 Å². The molecule has 0 saturated carbocycles. The molecule has 0 heterocycles. The molecule has 0 fully saturated rings. The highest BCUT2D eigenvalue weighted by atomic mass is 15.2. The van der Waals surface area contributed by atoms with Gasteiger partial charge >= 0.3 is 0 Å². The van der Waals surface area contributed by atoms with Crippen molar-refractivity contribution in [3.05, 3.63) is 0 Å². The molecule has 0 amide bonds. The van der Waals surface area contributed by atoms with Crippen molar-refractivity contribution >= 4 is 17.8 Å². The smallest absolute Gasteiger partial charge is 0.209 e. The molecule has 12 nitrogen and oxygen atoms in total. The largest absolute Gasteiger partial charge is 0.385 e. The first kappa shape index (κ1) is 21.4. The summed E-state index contributed by atoms with van der Waals surface area (Å²) in [4.78, 5) is 11.0. The van der Waals surface area contributed by atoms with Crippen LogP contribution < -0.4 is 32.7 Å². The first-order valence-corrected chi connectivity index (χ1v) is 7.29. The van der Waals surface area contributed by atoms with E-state index in [0.717, 1.165) is 0 Å². The van der Waals surface area contributed by atoms with Gasteiger partial charge in [-0.1, -0.05) is 0 Å². The van der Waals surface area contributed by atoms with E-state index in [1.165, 1.54) is 0 Å². The molecule has 0 aliphatic rings. The molecule has 0 saturated heterocycles. The molecule has 0 aliphatic heterocycles. The fraction of sp³-hybridized carbons (Fsp3) is 0.538. The van der Waals surface area contributed by atoms with Gasteiger partial charge in [0.15, 0.2) is 6.19 Å². The number of nitrogens with zero attached hydrogens (tertiary/aromatic N) is 6. The Bertz CT molecular complexity index is 614. The van der Waals surface area contributed by atoms with Crippen molar-refractivity contribution < 1.29 is 0 Å². The third-order valence-electron chi connectivity index (χ3n) is 2.66. The summed E-state index contributed by atoms with van der Waals surface area (Å²) in [5.41, 5.74) is 11.0. The van der Waals surface area contributed by atoms with Crippen molar-refractivity contribution in [3.8, 4) is 18.6 Å². The van der Waals surface area contributed by atoms with Crippen LogP contribution in [0.4, 0.5) is 0 Å². The summed E-state index contributed by atoms with van der Waals surface area (Å²) in [7, 11) is 0. The van der Waals surface area contributed by atoms with Gasteiger partial charge in [0.1, 0.15) is 5.84 Å². The molecule has 0 aromatic rings. The molecule has 0 aromatic heterocycles. The summed E-state index contributed by atoms with van der Waals surface area (Å²) in [6.07, 6.45) is 4.98. The Morgan fingerprint density at radius 2 is 1.76 bits per heavy atom. The Balaban J connectivity index is 4.44. The van der Waals surface area contributed by atoms with Crippen LogP contribution in [0.3, 0.4) is 0 Å². The van der Waals surface area contributed by atoms with Gasteiger partial charge in [0, 0.05) is 18.6 Å². The van der Waals surface area contributed by atoms with Crippen LogP contribution in [0, 0.1) is 34.4 Å². The van der Waals surface area contributed by atoms with Gasteiger partial charge in [-0.25, -0.2) is 0 Å². The van der Waals surface area contributed by atoms with Gasteiger partial charge in [-0.05, 0) is 13.8 Å². The highest BCUT2D eigenvalue weighted by Crippen LogP contribution is 1.85. The summed E-state index contributed by atoms with van der Waals surface area (Å²) < 4.78 is 0. The number of nitrogens with two attached hydrogens (primary N) is 2. The third-order valence-corrected chi connectivity index (χ3v) is 2.66. The second kappa shape index (κ2) is 12.9. The Morgan fingerprint density at radius 1 is 1.08 bits per heavy atom. The Labute approximate surface area is 146 Å². The van der Waals surface area contributed by atoms with Crippen LogP contribution in [0.5, 0.6) is 0 Å². The first-order valence-electron chi connectivity index (χ1n) is 7.29. The molecule has 0 aliphatic carbocycles. The monoisotopic (exact) mass is 346 g/mol. The van der Waals surface area contributed by atoms with E-state index in [0.29, 0.717) is 19.0 Å². The number of amidine groups is 1. The summed E-state index contributed by atoms with van der Waals surface area (Å²) in [6.45, 7) is 4.70. The molecule has 12 heteroatoms. The van der Waals surface area contributed by atoms with Gasteiger partial charge in [-0.15, -0.1) is 4.99 Å². The van der Waals surface area contributed by atoms with Gasteiger partial charge in [0.05, 0.1) is 13.1 Å². The molecule has 8 N–H and O–H groups in total. The topological polar surface area (TPSA) is 209 Å². The lowest BCUT2D eigenvalue weighted by molar-refractivity contribution is 0.594. The normalized spacial score (nSPS) is 14.4. The highest BCUT2D eigenvalue weighted by Gasteiger charge is 2.06. The van der Waals surface area contributed by atoms with Crippen LogP contribution in [0.25, 0.3) is 0 Å². The predicted molar refractivity (Wildman–Crippen MR) is 93.6 cm³/mol. The van der Waals surface area contributed by atoms with E-state index in [4.69, 9.17) is 27.3 Å². The van der Waals surface area contributed by atoms with E-state index in [1.54, 1.807) is 18.6 Å². The average molecular weight is 346 g/mol. The molecule has 0 rings (SSSR count). The predicted octanol–water partition coefficient (Wildman–Crippen LogP) is -2.41. The molecule has 0 radical (unpaired) electrons. The van der Waals surface area contributed by atoms with Gasteiger partial charge in [0.2, 0.25) is 24.3 Å². The lowest BCUT2D eigenvalue weighted by Crippen LogP contribution is -2.47. The fourth-order valence-corrected chi connectivity index (χ4v) is 1.51. The summed E-state index contributed by atoms with van der Waals surface area (Å²) in [6, 6.07) is -0.209. The standard InChI is InChI=1S/C13H22N12/c1-9(19-5-11(17)22-6-14)3-20-13(24-8-16)21-4-10(2)25-12(18)23-7-15/h9-10,19H,3-5H2,1-2H3,(H2,17,22)(H3,18,23,25)(H2,20,21,24). The first-order chi connectivity index (χ1) is 11.9. The number of aliphatic imine (C=N–C) groups is 3. The molecule has 25 heavy (non-hydrogen) atoms. The maximum atomic E-state index is 8.77. The molecular weight excluding hydrogens is 324 g/mol. The molecule has 134 valence electrons. The number of guanidine groups is 2. The second-order valence-electron chi connectivity index (χ2n) is 4.93. The lowest BCUT2D eigenvalue weighted by Gasteiger charge is -2.16. The number of hydrogen-bond acceptors (Lipinski definition) is 7. The zero-order valence-electron chi connectivity index (χ0n) is 14.1. The van der Waals surface area contributed by atoms with Crippen molar-refractivity contribution in [3.63, 3.8) is 0 Å². The Morgan fingerprint density at radius 3 is 2.36 bits per heavy atom. The minimum atomic E-state index is -0.152. The Kier molecular flexibility index (Phi) is 11.1. The van der Waals surface area contributed by atoms with E-state index in [9.17, 15) is 0 Å². The maximum Gasteiger partial charge on any atom is 0.209 e. The Hall–Kier alpha value is -3.56. The van der Waals surface area contributed by atoms with Crippen LogP contribution in [0.15, 0.2) is 15.0 Å². The zero-order chi connectivity index (χ0) is 19.1. The minimum absolute atomic E-state index is 0.0120. The molecule has 2 atom stereocenters. The zero-order valence-corrected chi connectivity index (χ0v) is 14.1. The van der Waals surface area contributed by atoms with Gasteiger partial charge < -0.3 is 27.4 Å². The van der Waals surface area contributed by atoms with Crippen molar-refractivity contribution in [2.75, 3.05) is 19.6 Å². The third kappa shape index (κ3) is 11.6. The van der Waals surface area contributed by atoms with E-state index in [2.05, 4.69) is 36.2 Å². The quantitative estimate of drug-likeness (QED) is 0.119. The van der Waals surface area contributed by atoms with E-state index < -0.39 is 0 Å². The number of nitriles is 3. The molecule has 0 bridgehead atoms. The van der Waals surface area contributed by atoms with Crippen LogP contribution in [-0.2, 0) is 0 Å². The number of rotatable bonds is 8. The molecule has 0 spiro atoms. The fourth-order valence-electron chi connectivity index (χ4n) is 1.51. The summed E-state index contributed by atoms with van der Waals surface area (Å²) in [5, 5.41) is 36.8. The van der Waals surface area contributed by atoms with Crippen molar-refractivity contribution in [1.29, 1.82) is 15.8 Å². The minimum Gasteiger partial charge on any atom is -0.385 e. The SMILES string of the molecule is CC(CN=C(NC#N)NCC(C)NC(N)=NC#N)NCC(N)=NC#N. The number of hydrogen-bond donors (Lipinski definition) is 6. The number of nitrogens with one attached hydrogen (secondary N) is 4. The lowest BCUT2D eigenvalue weighted by atomic mass is 10.3. The summed E-state index contributed by atoms with van der Waals surface area (Å²) >= 11 is 0. The van der Waals surface area contributed by atoms with Crippen LogP contribution in [0.2, 0.25) is 0 Å². The average Bonchev–Trinajstić information content (AvgIpc) is 2.56. The van der Waals surface area contributed by atoms with Gasteiger partial charge in [-0.2, -0.15) is 20.8 Å². The van der Waals surface area contributed by atoms with E-state index >= 15 is 0 Å².